The number of rotatable bonds is 7. The third-order valence-corrected chi connectivity index (χ3v) is 4.89. The number of hydrazone groups is 1. The first-order valence-electron chi connectivity index (χ1n) is 8.69. The molecule has 0 radical (unpaired) electrons. The van der Waals surface area contributed by atoms with Gasteiger partial charge in [-0.2, -0.15) is 23.3 Å². The van der Waals surface area contributed by atoms with E-state index in [1.54, 1.807) is 0 Å². The van der Waals surface area contributed by atoms with E-state index in [0.717, 1.165) is 55.3 Å². The van der Waals surface area contributed by atoms with Crippen molar-refractivity contribution in [3.05, 3.63) is 35.4 Å². The van der Waals surface area contributed by atoms with E-state index in [9.17, 15) is 18.0 Å². The molecule has 0 spiro atoms. The van der Waals surface area contributed by atoms with Crippen molar-refractivity contribution in [3.63, 3.8) is 0 Å². The van der Waals surface area contributed by atoms with Crippen LogP contribution in [0.1, 0.15) is 36.8 Å². The van der Waals surface area contributed by atoms with Crippen LogP contribution in [0, 0.1) is 0 Å². The van der Waals surface area contributed by atoms with Gasteiger partial charge in [0.2, 0.25) is 17.0 Å². The molecular formula is C17H19F3N6OS. The Balaban J connectivity index is 1.43. The summed E-state index contributed by atoms with van der Waals surface area (Å²) < 4.78 is 38.1. The lowest BCUT2D eigenvalue weighted by Gasteiger charge is -2.09. The van der Waals surface area contributed by atoms with E-state index in [1.807, 2.05) is 0 Å². The molecule has 11 heteroatoms. The first-order chi connectivity index (χ1) is 13.4. The number of carbonyl (C=O) groups is 1. The molecule has 3 N–H and O–H groups in total. The van der Waals surface area contributed by atoms with Gasteiger partial charge in [-0.3, -0.25) is 4.79 Å². The van der Waals surface area contributed by atoms with Crippen molar-refractivity contribution in [2.75, 3.05) is 11.2 Å². The highest BCUT2D eigenvalue weighted by molar-refractivity contribution is 7.99. The zero-order valence-corrected chi connectivity index (χ0v) is 15.7. The van der Waals surface area contributed by atoms with Crippen LogP contribution in [-0.4, -0.2) is 32.6 Å². The molecule has 1 aromatic heterocycles. The lowest BCUT2D eigenvalue weighted by molar-refractivity contribution is -0.137. The van der Waals surface area contributed by atoms with Crippen molar-refractivity contribution in [1.29, 1.82) is 0 Å². The normalized spacial score (nSPS) is 14.2. The van der Waals surface area contributed by atoms with Crippen LogP contribution in [0.2, 0.25) is 0 Å². The van der Waals surface area contributed by atoms with Crippen molar-refractivity contribution >= 4 is 29.3 Å². The number of H-pyrrole nitrogens is 1. The largest absolute Gasteiger partial charge is 0.416 e. The number of alkyl halides is 3. The average molecular weight is 412 g/mol. The molecule has 0 bridgehead atoms. The molecule has 3 rings (SSSR count). The number of amides is 1. The highest BCUT2D eigenvalue weighted by atomic mass is 32.2. The number of aromatic nitrogens is 3. The van der Waals surface area contributed by atoms with Gasteiger partial charge in [-0.25, -0.2) is 10.5 Å². The lowest BCUT2D eigenvalue weighted by atomic mass is 10.1. The predicted octanol–water partition coefficient (Wildman–Crippen LogP) is 3.57. The first kappa shape index (κ1) is 20.2. The highest BCUT2D eigenvalue weighted by Crippen LogP contribution is 2.29. The van der Waals surface area contributed by atoms with Gasteiger partial charge < -0.3 is 5.32 Å². The predicted molar refractivity (Wildman–Crippen MR) is 99.9 cm³/mol. The molecule has 1 amide bonds. The van der Waals surface area contributed by atoms with E-state index >= 15 is 0 Å². The Bertz CT molecular complexity index is 843. The lowest BCUT2D eigenvalue weighted by Crippen LogP contribution is -2.24. The Morgan fingerprint density at radius 3 is 2.82 bits per heavy atom. The number of aromatic amines is 1. The fourth-order valence-electron chi connectivity index (χ4n) is 2.63. The van der Waals surface area contributed by atoms with Crippen molar-refractivity contribution < 1.29 is 18.0 Å². The van der Waals surface area contributed by atoms with E-state index < -0.39 is 11.7 Å². The van der Waals surface area contributed by atoms with Gasteiger partial charge in [0.15, 0.2) is 0 Å². The summed E-state index contributed by atoms with van der Waals surface area (Å²) in [6.07, 6.45) is -0.152. The van der Waals surface area contributed by atoms with Crippen LogP contribution in [0.25, 0.3) is 0 Å². The average Bonchev–Trinajstić information content (AvgIpc) is 3.34. The van der Waals surface area contributed by atoms with Crippen molar-refractivity contribution in [2.24, 2.45) is 5.10 Å². The number of hydrogen-bond acceptors (Lipinski definition) is 6. The van der Waals surface area contributed by atoms with Crippen molar-refractivity contribution in [1.82, 2.24) is 20.5 Å². The second-order valence-electron chi connectivity index (χ2n) is 6.23. The fraction of sp³-hybridized carbons (Fsp3) is 0.412. The zero-order chi connectivity index (χ0) is 20.0. The molecular weight excluding hydrogens is 393 g/mol. The third-order valence-electron chi connectivity index (χ3n) is 4.04. The minimum absolute atomic E-state index is 0.0155. The number of carbonyl (C=O) groups excluding carboxylic acids is 1. The molecule has 1 fully saturated rings. The number of anilines is 1. The monoisotopic (exact) mass is 412 g/mol. The van der Waals surface area contributed by atoms with E-state index in [4.69, 9.17) is 0 Å². The third kappa shape index (κ3) is 5.98. The van der Waals surface area contributed by atoms with E-state index in [-0.39, 0.29) is 18.2 Å². The Morgan fingerprint density at radius 1 is 1.29 bits per heavy atom. The second-order valence-corrected chi connectivity index (χ2v) is 7.17. The number of nitrogens with one attached hydrogen (secondary N) is 3. The maximum absolute atomic E-state index is 12.7. The maximum atomic E-state index is 12.7. The number of nitrogens with zero attached hydrogens (tertiary/aromatic N) is 3. The van der Waals surface area contributed by atoms with Crippen LogP contribution >= 0.6 is 11.8 Å². The van der Waals surface area contributed by atoms with Crippen LogP contribution in [0.4, 0.5) is 19.1 Å². The molecule has 7 nitrogen and oxygen atoms in total. The first-order valence-corrected chi connectivity index (χ1v) is 9.68. The highest BCUT2D eigenvalue weighted by Gasteiger charge is 2.30. The molecule has 28 heavy (non-hydrogen) atoms. The van der Waals surface area contributed by atoms with E-state index in [2.05, 4.69) is 31.0 Å². The molecule has 150 valence electrons. The van der Waals surface area contributed by atoms with Gasteiger partial charge in [0, 0.05) is 12.3 Å². The summed E-state index contributed by atoms with van der Waals surface area (Å²) in [6, 6.07) is 4.86. The summed E-state index contributed by atoms with van der Waals surface area (Å²) in [5, 5.41) is 13.9. The fourth-order valence-corrected chi connectivity index (χ4v) is 3.26. The zero-order valence-electron chi connectivity index (χ0n) is 14.8. The summed E-state index contributed by atoms with van der Waals surface area (Å²) in [5.41, 5.74) is 3.55. The van der Waals surface area contributed by atoms with Gasteiger partial charge in [-0.1, -0.05) is 23.9 Å². The number of halogens is 3. The van der Waals surface area contributed by atoms with Gasteiger partial charge in [-0.05, 0) is 43.4 Å². The van der Waals surface area contributed by atoms with Gasteiger partial charge in [0.05, 0.1) is 11.3 Å². The molecule has 1 aliphatic carbocycles. The van der Waals surface area contributed by atoms with Crippen LogP contribution in [-0.2, 0) is 17.5 Å². The second kappa shape index (κ2) is 9.09. The Kier molecular flexibility index (Phi) is 6.55. The topological polar surface area (TPSA) is 95.1 Å². The molecule has 2 aromatic rings. The Hall–Kier alpha value is -2.56. The summed E-state index contributed by atoms with van der Waals surface area (Å²) >= 11 is 1.12. The Morgan fingerprint density at radius 2 is 2.07 bits per heavy atom. The molecule has 0 aliphatic heterocycles. The van der Waals surface area contributed by atoms with E-state index in [0.29, 0.717) is 16.7 Å². The molecule has 0 unspecified atom stereocenters. The summed E-state index contributed by atoms with van der Waals surface area (Å²) in [7, 11) is 0. The molecule has 1 aliphatic rings. The minimum atomic E-state index is -4.41. The van der Waals surface area contributed by atoms with Crippen LogP contribution in [0.3, 0.4) is 0 Å². The summed E-state index contributed by atoms with van der Waals surface area (Å²) in [5.74, 6) is 0.115. The molecule has 0 atom stereocenters. The van der Waals surface area contributed by atoms with Gasteiger partial charge in [-0.15, -0.1) is 5.10 Å². The minimum Gasteiger partial charge on any atom is -0.351 e. The van der Waals surface area contributed by atoms with E-state index in [1.165, 1.54) is 12.1 Å². The number of thioether (sulfide) groups is 1. The summed E-state index contributed by atoms with van der Waals surface area (Å²) in [4.78, 5) is 16.1. The quantitative estimate of drug-likeness (QED) is 0.477. The molecule has 1 saturated carbocycles. The number of hydrogen-bond donors (Lipinski definition) is 3. The van der Waals surface area contributed by atoms with Crippen LogP contribution in [0.5, 0.6) is 0 Å². The SMILES string of the molecule is O=C(CSc1n[nH]c(NN=C2CCCC2)n1)NCc1cccc(C(F)(F)F)c1. The number of benzene rings is 1. The smallest absolute Gasteiger partial charge is 0.351 e. The molecule has 1 heterocycles. The molecule has 1 aromatic carbocycles. The van der Waals surface area contributed by atoms with Crippen LogP contribution in [0.15, 0.2) is 34.5 Å². The molecule has 0 saturated heterocycles. The van der Waals surface area contributed by atoms with Crippen molar-refractivity contribution in [3.8, 4) is 0 Å². The van der Waals surface area contributed by atoms with Crippen LogP contribution < -0.4 is 10.7 Å². The van der Waals surface area contributed by atoms with Crippen molar-refractivity contribution in [2.45, 2.75) is 43.6 Å². The van der Waals surface area contributed by atoms with Gasteiger partial charge >= 0.3 is 6.18 Å². The summed E-state index contributed by atoms with van der Waals surface area (Å²) in [6.45, 7) is 0.0155. The van der Waals surface area contributed by atoms with Gasteiger partial charge in [0.25, 0.3) is 0 Å². The van der Waals surface area contributed by atoms with Gasteiger partial charge in [0.1, 0.15) is 0 Å². The Labute approximate surface area is 163 Å². The maximum Gasteiger partial charge on any atom is 0.416 e. The standard InChI is InChI=1S/C17H19F3N6OS/c18-17(19,20)12-5-3-4-11(8-12)9-21-14(27)10-28-16-22-15(25-26-16)24-23-13-6-1-2-7-13/h3-5,8H,1-2,6-7,9-10H2,(H,21,27)(H2,22,24,25,26).